The Hall–Kier alpha value is -2.40. The second kappa shape index (κ2) is 5.97. The summed E-state index contributed by atoms with van der Waals surface area (Å²) in [5.41, 5.74) is 12.0. The Morgan fingerprint density at radius 3 is 2.58 bits per heavy atom. The van der Waals surface area contributed by atoms with E-state index in [0.717, 1.165) is 0 Å². The van der Waals surface area contributed by atoms with Gasteiger partial charge in [-0.1, -0.05) is 18.2 Å². The summed E-state index contributed by atoms with van der Waals surface area (Å²) < 4.78 is 5.75. The maximum Gasteiger partial charge on any atom is 0.252 e. The number of carbonyl (C=O) groups is 1. The highest BCUT2D eigenvalue weighted by atomic mass is 16.5. The van der Waals surface area contributed by atoms with Crippen molar-refractivity contribution in [3.8, 4) is 5.75 Å². The molecule has 0 bridgehead atoms. The van der Waals surface area contributed by atoms with Gasteiger partial charge in [-0.3, -0.25) is 9.78 Å². The maximum atomic E-state index is 11.3. The SMILES string of the molecule is NCC(Oc1ccccc1C(N)=O)c1ccccn1. The monoisotopic (exact) mass is 257 g/mol. The van der Waals surface area contributed by atoms with Gasteiger partial charge in [0.05, 0.1) is 11.3 Å². The molecule has 2 rings (SSSR count). The lowest BCUT2D eigenvalue weighted by molar-refractivity contribution is 0.0992. The molecule has 0 radical (unpaired) electrons. The fraction of sp³-hybridized carbons (Fsp3) is 0.143. The third kappa shape index (κ3) is 3.08. The molecule has 0 aliphatic heterocycles. The molecule has 0 saturated heterocycles. The zero-order valence-corrected chi connectivity index (χ0v) is 10.3. The van der Waals surface area contributed by atoms with Crippen molar-refractivity contribution in [3.05, 3.63) is 59.9 Å². The Balaban J connectivity index is 2.27. The molecule has 19 heavy (non-hydrogen) atoms. The maximum absolute atomic E-state index is 11.3. The van der Waals surface area contributed by atoms with E-state index in [9.17, 15) is 4.79 Å². The summed E-state index contributed by atoms with van der Waals surface area (Å²) in [6.45, 7) is 0.254. The fourth-order valence-electron chi connectivity index (χ4n) is 1.72. The molecule has 2 aromatic rings. The highest BCUT2D eigenvalue weighted by Gasteiger charge is 2.16. The van der Waals surface area contributed by atoms with Crippen LogP contribution in [0, 0.1) is 0 Å². The molecule has 1 amide bonds. The Labute approximate surface area is 111 Å². The number of rotatable bonds is 5. The van der Waals surface area contributed by atoms with E-state index in [-0.39, 0.29) is 6.54 Å². The lowest BCUT2D eigenvalue weighted by Gasteiger charge is -2.18. The lowest BCUT2D eigenvalue weighted by Crippen LogP contribution is -2.21. The number of nitrogens with two attached hydrogens (primary N) is 2. The summed E-state index contributed by atoms with van der Waals surface area (Å²) in [6, 6.07) is 12.3. The average molecular weight is 257 g/mol. The molecule has 98 valence electrons. The number of hydrogen-bond acceptors (Lipinski definition) is 4. The second-order valence-corrected chi connectivity index (χ2v) is 3.96. The Morgan fingerprint density at radius 2 is 1.95 bits per heavy atom. The molecule has 0 fully saturated rings. The molecule has 1 aromatic carbocycles. The molecule has 1 unspecified atom stereocenters. The smallest absolute Gasteiger partial charge is 0.252 e. The van der Waals surface area contributed by atoms with Crippen LogP contribution >= 0.6 is 0 Å². The first-order valence-electron chi connectivity index (χ1n) is 5.89. The first kappa shape index (κ1) is 13.0. The number of benzene rings is 1. The summed E-state index contributed by atoms with van der Waals surface area (Å²) in [5.74, 6) is -0.122. The van der Waals surface area contributed by atoms with Gasteiger partial charge >= 0.3 is 0 Å². The number of hydrogen-bond donors (Lipinski definition) is 2. The zero-order valence-electron chi connectivity index (χ0n) is 10.3. The third-order valence-corrected chi connectivity index (χ3v) is 2.65. The van der Waals surface area contributed by atoms with Crippen LogP contribution in [-0.4, -0.2) is 17.4 Å². The summed E-state index contributed by atoms with van der Waals surface area (Å²) in [5, 5.41) is 0. The van der Waals surface area contributed by atoms with Crippen LogP contribution in [0.1, 0.15) is 22.2 Å². The predicted octanol–water partition coefficient (Wildman–Crippen LogP) is 1.26. The van der Waals surface area contributed by atoms with Gasteiger partial charge in [0.1, 0.15) is 5.75 Å². The minimum Gasteiger partial charge on any atom is -0.482 e. The molecule has 0 saturated carbocycles. The first-order chi connectivity index (χ1) is 9.22. The molecular weight excluding hydrogens is 242 g/mol. The van der Waals surface area contributed by atoms with Gasteiger partial charge in [-0.05, 0) is 24.3 Å². The minimum absolute atomic E-state index is 0.254. The van der Waals surface area contributed by atoms with Crippen molar-refractivity contribution in [3.63, 3.8) is 0 Å². The van der Waals surface area contributed by atoms with Crippen molar-refractivity contribution in [2.45, 2.75) is 6.10 Å². The first-order valence-corrected chi connectivity index (χ1v) is 5.89. The Kier molecular flexibility index (Phi) is 4.10. The van der Waals surface area contributed by atoms with Gasteiger partial charge in [-0.2, -0.15) is 0 Å². The number of carbonyl (C=O) groups excluding carboxylic acids is 1. The van der Waals surface area contributed by atoms with Crippen molar-refractivity contribution < 1.29 is 9.53 Å². The minimum atomic E-state index is -0.535. The normalized spacial score (nSPS) is 11.8. The average Bonchev–Trinajstić information content (AvgIpc) is 2.46. The van der Waals surface area contributed by atoms with E-state index in [2.05, 4.69) is 4.98 Å². The molecule has 1 aromatic heterocycles. The topological polar surface area (TPSA) is 91.2 Å². The third-order valence-electron chi connectivity index (χ3n) is 2.65. The Morgan fingerprint density at radius 1 is 1.21 bits per heavy atom. The van der Waals surface area contributed by atoms with Gasteiger partial charge in [0, 0.05) is 12.7 Å². The number of primary amides is 1. The summed E-state index contributed by atoms with van der Waals surface area (Å²) in [4.78, 5) is 15.5. The van der Waals surface area contributed by atoms with Crippen LogP contribution in [-0.2, 0) is 0 Å². The Bertz CT molecular complexity index is 558. The molecule has 0 aliphatic carbocycles. The van der Waals surface area contributed by atoms with Crippen molar-refractivity contribution in [1.82, 2.24) is 4.98 Å². The van der Waals surface area contributed by atoms with Gasteiger partial charge in [0.2, 0.25) is 0 Å². The van der Waals surface area contributed by atoms with Crippen LogP contribution in [0.3, 0.4) is 0 Å². The fourth-order valence-corrected chi connectivity index (χ4v) is 1.72. The van der Waals surface area contributed by atoms with E-state index in [1.165, 1.54) is 0 Å². The van der Waals surface area contributed by atoms with Crippen molar-refractivity contribution >= 4 is 5.91 Å². The number of nitrogens with zero attached hydrogens (tertiary/aromatic N) is 1. The molecule has 4 N–H and O–H groups in total. The van der Waals surface area contributed by atoms with Crippen LogP contribution in [0.5, 0.6) is 5.75 Å². The van der Waals surface area contributed by atoms with E-state index < -0.39 is 12.0 Å². The van der Waals surface area contributed by atoms with Crippen LogP contribution in [0.25, 0.3) is 0 Å². The van der Waals surface area contributed by atoms with Gasteiger partial charge in [-0.15, -0.1) is 0 Å². The molecular formula is C14H15N3O2. The van der Waals surface area contributed by atoms with Gasteiger partial charge in [0.25, 0.3) is 5.91 Å². The van der Waals surface area contributed by atoms with E-state index in [1.54, 1.807) is 30.5 Å². The van der Waals surface area contributed by atoms with Gasteiger partial charge < -0.3 is 16.2 Å². The quantitative estimate of drug-likeness (QED) is 0.843. The summed E-state index contributed by atoms with van der Waals surface area (Å²) in [7, 11) is 0. The number of ether oxygens (including phenoxy) is 1. The number of aromatic nitrogens is 1. The van der Waals surface area contributed by atoms with Crippen LogP contribution < -0.4 is 16.2 Å². The van der Waals surface area contributed by atoms with Crippen molar-refractivity contribution in [2.24, 2.45) is 11.5 Å². The zero-order chi connectivity index (χ0) is 13.7. The van der Waals surface area contributed by atoms with Crippen LogP contribution in [0.15, 0.2) is 48.7 Å². The van der Waals surface area contributed by atoms with Crippen LogP contribution in [0.4, 0.5) is 0 Å². The molecule has 1 heterocycles. The van der Waals surface area contributed by atoms with Gasteiger partial charge in [0.15, 0.2) is 6.10 Å². The van der Waals surface area contributed by atoms with E-state index >= 15 is 0 Å². The number of para-hydroxylation sites is 1. The van der Waals surface area contributed by atoms with Crippen LogP contribution in [0.2, 0.25) is 0 Å². The van der Waals surface area contributed by atoms with E-state index in [0.29, 0.717) is 17.0 Å². The van der Waals surface area contributed by atoms with Crippen molar-refractivity contribution in [1.29, 1.82) is 0 Å². The second-order valence-electron chi connectivity index (χ2n) is 3.96. The van der Waals surface area contributed by atoms with Crippen molar-refractivity contribution in [2.75, 3.05) is 6.54 Å². The molecule has 5 nitrogen and oxygen atoms in total. The summed E-state index contributed by atoms with van der Waals surface area (Å²) in [6.07, 6.45) is 1.25. The molecule has 5 heteroatoms. The predicted molar refractivity (Wildman–Crippen MR) is 71.6 cm³/mol. The van der Waals surface area contributed by atoms with E-state index in [1.807, 2.05) is 18.2 Å². The number of pyridine rings is 1. The standard InChI is InChI=1S/C14H15N3O2/c15-9-13(11-6-3-4-8-17-11)19-12-7-2-1-5-10(12)14(16)18/h1-8,13H,9,15H2,(H2,16,18). The molecule has 0 aliphatic rings. The highest BCUT2D eigenvalue weighted by molar-refractivity contribution is 5.95. The van der Waals surface area contributed by atoms with E-state index in [4.69, 9.17) is 16.2 Å². The largest absolute Gasteiger partial charge is 0.482 e. The summed E-state index contributed by atoms with van der Waals surface area (Å²) >= 11 is 0. The molecule has 0 spiro atoms. The molecule has 1 atom stereocenters. The number of amides is 1. The van der Waals surface area contributed by atoms with Gasteiger partial charge in [-0.25, -0.2) is 0 Å². The highest BCUT2D eigenvalue weighted by Crippen LogP contribution is 2.23. The lowest BCUT2D eigenvalue weighted by atomic mass is 10.1.